The number of nitrogens with zero attached hydrogens (tertiary/aromatic N) is 3. The van der Waals surface area contributed by atoms with E-state index in [9.17, 15) is 0 Å². The Kier molecular flexibility index (Phi) is 2.76. The van der Waals surface area contributed by atoms with Gasteiger partial charge in [0, 0.05) is 13.5 Å². The summed E-state index contributed by atoms with van der Waals surface area (Å²) in [6, 6.07) is 5.73. The van der Waals surface area contributed by atoms with Crippen LogP contribution in [0.5, 0.6) is 5.75 Å². The summed E-state index contributed by atoms with van der Waals surface area (Å²) in [6.07, 6.45) is 2.40. The van der Waals surface area contributed by atoms with Gasteiger partial charge >= 0.3 is 0 Å². The van der Waals surface area contributed by atoms with Crippen molar-refractivity contribution < 1.29 is 4.74 Å². The summed E-state index contributed by atoms with van der Waals surface area (Å²) in [5.74, 6) is 1.60. The van der Waals surface area contributed by atoms with E-state index in [-0.39, 0.29) is 0 Å². The highest BCUT2D eigenvalue weighted by atomic mass is 16.5. The maximum Gasteiger partial charge on any atom is 0.141 e. The molecule has 2 N–H and O–H groups in total. The molecule has 0 bridgehead atoms. The minimum Gasteiger partial charge on any atom is -0.495 e. The second kappa shape index (κ2) is 4.22. The maximum absolute atomic E-state index is 5.83. The van der Waals surface area contributed by atoms with Crippen LogP contribution in [0.4, 0.5) is 5.69 Å². The molecule has 1 aromatic heterocycles. The van der Waals surface area contributed by atoms with Gasteiger partial charge in [-0.3, -0.25) is 0 Å². The topological polar surface area (TPSA) is 66.0 Å². The Bertz CT molecular complexity index is 492. The molecule has 0 aliphatic rings. The van der Waals surface area contributed by atoms with E-state index in [1.807, 2.05) is 29.8 Å². The first-order chi connectivity index (χ1) is 7.70. The first-order valence-electron chi connectivity index (χ1n) is 4.96. The Morgan fingerprint density at radius 2 is 2.25 bits per heavy atom. The molecule has 16 heavy (non-hydrogen) atoms. The SMILES string of the molecule is COc1ccc(Cc2nncn2C)cc1N. The third-order valence-corrected chi connectivity index (χ3v) is 2.46. The Labute approximate surface area is 93.9 Å². The van der Waals surface area contributed by atoms with E-state index in [4.69, 9.17) is 10.5 Å². The Morgan fingerprint density at radius 1 is 1.44 bits per heavy atom. The molecule has 5 nitrogen and oxygen atoms in total. The first-order valence-corrected chi connectivity index (χ1v) is 4.96. The van der Waals surface area contributed by atoms with Gasteiger partial charge in [-0.1, -0.05) is 6.07 Å². The fourth-order valence-corrected chi connectivity index (χ4v) is 1.54. The zero-order valence-electron chi connectivity index (χ0n) is 9.34. The Balaban J connectivity index is 2.23. The van der Waals surface area contributed by atoms with Gasteiger partial charge in [-0.25, -0.2) is 0 Å². The van der Waals surface area contributed by atoms with Crippen LogP contribution in [-0.4, -0.2) is 21.9 Å². The van der Waals surface area contributed by atoms with Crippen LogP contribution >= 0.6 is 0 Å². The summed E-state index contributed by atoms with van der Waals surface area (Å²) in [6.45, 7) is 0. The van der Waals surface area contributed by atoms with Gasteiger partial charge in [-0.15, -0.1) is 10.2 Å². The molecule has 5 heteroatoms. The summed E-state index contributed by atoms with van der Waals surface area (Å²) in [7, 11) is 3.52. The third kappa shape index (κ3) is 1.98. The Morgan fingerprint density at radius 3 is 2.81 bits per heavy atom. The molecule has 0 unspecified atom stereocenters. The van der Waals surface area contributed by atoms with Crippen LogP contribution in [-0.2, 0) is 13.5 Å². The number of aromatic nitrogens is 3. The molecule has 84 valence electrons. The van der Waals surface area contributed by atoms with Crippen LogP contribution in [0.3, 0.4) is 0 Å². The number of methoxy groups -OCH3 is 1. The molecule has 0 spiro atoms. The number of anilines is 1. The zero-order chi connectivity index (χ0) is 11.5. The Hall–Kier alpha value is -2.04. The summed E-state index contributed by atoms with van der Waals surface area (Å²) < 4.78 is 6.99. The molecule has 0 fully saturated rings. The number of benzene rings is 1. The molecular formula is C11H14N4O. The molecule has 0 amide bonds. The lowest BCUT2D eigenvalue weighted by Crippen LogP contribution is -2.00. The van der Waals surface area contributed by atoms with Crippen LogP contribution in [0.1, 0.15) is 11.4 Å². The monoisotopic (exact) mass is 218 g/mol. The van der Waals surface area contributed by atoms with Crippen LogP contribution in [0.25, 0.3) is 0 Å². The van der Waals surface area contributed by atoms with Gasteiger partial charge in [0.05, 0.1) is 12.8 Å². The lowest BCUT2D eigenvalue weighted by molar-refractivity contribution is 0.417. The molecule has 1 aromatic carbocycles. The van der Waals surface area contributed by atoms with E-state index in [0.29, 0.717) is 17.9 Å². The molecule has 0 aliphatic carbocycles. The van der Waals surface area contributed by atoms with Crippen LogP contribution in [0, 0.1) is 0 Å². The van der Waals surface area contributed by atoms with Crippen molar-refractivity contribution in [1.82, 2.24) is 14.8 Å². The largest absolute Gasteiger partial charge is 0.495 e. The number of hydrogen-bond acceptors (Lipinski definition) is 4. The number of hydrogen-bond donors (Lipinski definition) is 1. The highest BCUT2D eigenvalue weighted by molar-refractivity contribution is 5.54. The lowest BCUT2D eigenvalue weighted by Gasteiger charge is -2.06. The smallest absolute Gasteiger partial charge is 0.141 e. The van der Waals surface area contributed by atoms with E-state index in [0.717, 1.165) is 11.4 Å². The van der Waals surface area contributed by atoms with Crippen molar-refractivity contribution in [1.29, 1.82) is 0 Å². The minimum atomic E-state index is 0.641. The summed E-state index contributed by atoms with van der Waals surface area (Å²) in [5.41, 5.74) is 7.56. The van der Waals surface area contributed by atoms with Crippen molar-refractivity contribution in [3.63, 3.8) is 0 Å². The molecule has 0 saturated carbocycles. The number of aryl methyl sites for hydroxylation is 1. The molecule has 0 radical (unpaired) electrons. The predicted octanol–water partition coefficient (Wildman–Crippen LogP) is 0.997. The van der Waals surface area contributed by atoms with Gasteiger partial charge < -0.3 is 15.0 Å². The highest BCUT2D eigenvalue weighted by Crippen LogP contribution is 2.22. The standard InChI is InChI=1S/C11H14N4O/c1-15-7-13-14-11(15)6-8-3-4-10(16-2)9(12)5-8/h3-5,7H,6,12H2,1-2H3. The van der Waals surface area contributed by atoms with Gasteiger partial charge in [-0.05, 0) is 17.7 Å². The zero-order valence-corrected chi connectivity index (χ0v) is 9.34. The van der Waals surface area contributed by atoms with Gasteiger partial charge in [0.2, 0.25) is 0 Å². The van der Waals surface area contributed by atoms with E-state index >= 15 is 0 Å². The predicted molar refractivity (Wildman–Crippen MR) is 61.2 cm³/mol. The average molecular weight is 218 g/mol. The summed E-state index contributed by atoms with van der Waals surface area (Å²) in [5, 5.41) is 7.86. The number of ether oxygens (including phenoxy) is 1. The van der Waals surface area contributed by atoms with Crippen molar-refractivity contribution in [2.75, 3.05) is 12.8 Å². The van der Waals surface area contributed by atoms with Crippen LogP contribution < -0.4 is 10.5 Å². The highest BCUT2D eigenvalue weighted by Gasteiger charge is 2.05. The third-order valence-electron chi connectivity index (χ3n) is 2.46. The number of nitrogens with two attached hydrogens (primary N) is 1. The quantitative estimate of drug-likeness (QED) is 0.780. The van der Waals surface area contributed by atoms with E-state index in [2.05, 4.69) is 10.2 Å². The molecule has 2 aromatic rings. The molecule has 2 rings (SSSR count). The van der Waals surface area contributed by atoms with Crippen LogP contribution in [0.2, 0.25) is 0 Å². The summed E-state index contributed by atoms with van der Waals surface area (Å²) in [4.78, 5) is 0. The average Bonchev–Trinajstić information content (AvgIpc) is 2.65. The van der Waals surface area contributed by atoms with E-state index < -0.39 is 0 Å². The molecule has 0 aliphatic heterocycles. The molecule has 1 heterocycles. The second-order valence-electron chi connectivity index (χ2n) is 3.61. The van der Waals surface area contributed by atoms with Crippen molar-refractivity contribution in [3.8, 4) is 5.75 Å². The molecular weight excluding hydrogens is 204 g/mol. The maximum atomic E-state index is 5.83. The molecule has 0 atom stereocenters. The van der Waals surface area contributed by atoms with Gasteiger partial charge in [0.1, 0.15) is 17.9 Å². The van der Waals surface area contributed by atoms with Crippen LogP contribution in [0.15, 0.2) is 24.5 Å². The van der Waals surface area contributed by atoms with Crippen molar-refractivity contribution in [2.45, 2.75) is 6.42 Å². The fourth-order valence-electron chi connectivity index (χ4n) is 1.54. The van der Waals surface area contributed by atoms with E-state index in [1.165, 1.54) is 0 Å². The number of rotatable bonds is 3. The number of nitrogen functional groups attached to an aromatic ring is 1. The van der Waals surface area contributed by atoms with Gasteiger partial charge in [0.15, 0.2) is 0 Å². The normalized spacial score (nSPS) is 10.4. The lowest BCUT2D eigenvalue weighted by atomic mass is 10.1. The summed E-state index contributed by atoms with van der Waals surface area (Å²) >= 11 is 0. The van der Waals surface area contributed by atoms with Crippen molar-refractivity contribution >= 4 is 5.69 Å². The van der Waals surface area contributed by atoms with Crippen molar-refractivity contribution in [3.05, 3.63) is 35.9 Å². The second-order valence-corrected chi connectivity index (χ2v) is 3.61. The molecule has 0 saturated heterocycles. The van der Waals surface area contributed by atoms with Gasteiger partial charge in [-0.2, -0.15) is 0 Å². The van der Waals surface area contributed by atoms with Crippen molar-refractivity contribution in [2.24, 2.45) is 7.05 Å². The van der Waals surface area contributed by atoms with E-state index in [1.54, 1.807) is 13.4 Å². The van der Waals surface area contributed by atoms with Gasteiger partial charge in [0.25, 0.3) is 0 Å². The minimum absolute atomic E-state index is 0.641. The fraction of sp³-hybridized carbons (Fsp3) is 0.273. The first kappa shape index (κ1) is 10.5.